The molecule has 82 valence electrons. The minimum absolute atomic E-state index is 0.899. The fraction of sp³-hybridized carbons (Fsp3) is 0.714. The molecule has 0 aromatic carbocycles. The van der Waals surface area contributed by atoms with Crippen LogP contribution in [0.4, 0.5) is 0 Å². The molecule has 0 aromatic heterocycles. The third kappa shape index (κ3) is 8.10. The van der Waals surface area contributed by atoms with E-state index in [0.29, 0.717) is 0 Å². The number of hydrogen-bond acceptors (Lipinski definition) is 0. The van der Waals surface area contributed by atoms with Crippen LogP contribution in [0.5, 0.6) is 0 Å². The Balaban J connectivity index is 3.47. The number of allylic oxidation sites excluding steroid dienone is 3. The lowest BCUT2D eigenvalue weighted by Gasteiger charge is -2.07. The predicted molar refractivity (Wildman–Crippen MR) is 66.5 cm³/mol. The Morgan fingerprint density at radius 2 is 2.07 bits per heavy atom. The molecular weight excluding hydrogens is 168 g/mol. The van der Waals surface area contributed by atoms with Crippen molar-refractivity contribution in [1.29, 1.82) is 0 Å². The molecule has 0 aliphatic heterocycles. The quantitative estimate of drug-likeness (QED) is 0.372. The van der Waals surface area contributed by atoms with Gasteiger partial charge < -0.3 is 0 Å². The first kappa shape index (κ1) is 13.5. The summed E-state index contributed by atoms with van der Waals surface area (Å²) in [5.74, 6) is 0.899. The van der Waals surface area contributed by atoms with Gasteiger partial charge in [0.15, 0.2) is 0 Å². The Kier molecular flexibility index (Phi) is 8.72. The molecular formula is C14H26. The van der Waals surface area contributed by atoms with E-state index in [-0.39, 0.29) is 0 Å². The van der Waals surface area contributed by atoms with Gasteiger partial charge in [-0.05, 0) is 38.5 Å². The van der Waals surface area contributed by atoms with Gasteiger partial charge in [-0.2, -0.15) is 0 Å². The van der Waals surface area contributed by atoms with Crippen LogP contribution < -0.4 is 0 Å². The van der Waals surface area contributed by atoms with Crippen molar-refractivity contribution in [2.45, 2.75) is 59.3 Å². The lowest BCUT2D eigenvalue weighted by molar-refractivity contribution is 0.495. The molecule has 0 fully saturated rings. The van der Waals surface area contributed by atoms with Crippen molar-refractivity contribution in [1.82, 2.24) is 0 Å². The maximum absolute atomic E-state index is 3.72. The maximum atomic E-state index is 3.72. The lowest BCUT2D eigenvalue weighted by Crippen LogP contribution is -1.91. The van der Waals surface area contributed by atoms with Crippen LogP contribution in [-0.4, -0.2) is 0 Å². The van der Waals surface area contributed by atoms with Crippen LogP contribution in [0.3, 0.4) is 0 Å². The second-order valence-electron chi connectivity index (χ2n) is 4.32. The minimum Gasteiger partial charge on any atom is -0.103 e. The molecule has 0 unspecified atom stereocenters. The molecule has 0 bridgehead atoms. The Morgan fingerprint density at radius 3 is 2.64 bits per heavy atom. The zero-order chi connectivity index (χ0) is 10.8. The second-order valence-corrected chi connectivity index (χ2v) is 4.32. The largest absolute Gasteiger partial charge is 0.103 e. The molecule has 0 spiro atoms. The van der Waals surface area contributed by atoms with E-state index in [0.717, 1.165) is 12.3 Å². The summed E-state index contributed by atoms with van der Waals surface area (Å²) in [4.78, 5) is 0. The average Bonchev–Trinajstić information content (AvgIpc) is 2.18. The van der Waals surface area contributed by atoms with E-state index in [9.17, 15) is 0 Å². The van der Waals surface area contributed by atoms with Crippen molar-refractivity contribution in [2.75, 3.05) is 0 Å². The molecule has 0 saturated carbocycles. The van der Waals surface area contributed by atoms with Crippen LogP contribution in [0, 0.1) is 5.92 Å². The van der Waals surface area contributed by atoms with Crippen LogP contribution >= 0.6 is 0 Å². The zero-order valence-corrected chi connectivity index (χ0v) is 10.2. The Morgan fingerprint density at radius 1 is 1.36 bits per heavy atom. The first-order valence-corrected chi connectivity index (χ1v) is 5.97. The summed E-state index contributed by atoms with van der Waals surface area (Å²) >= 11 is 0. The maximum Gasteiger partial charge on any atom is -0.0314 e. The van der Waals surface area contributed by atoms with Crippen molar-refractivity contribution >= 4 is 0 Å². The van der Waals surface area contributed by atoms with Crippen molar-refractivity contribution < 1.29 is 0 Å². The third-order valence-corrected chi connectivity index (χ3v) is 2.83. The van der Waals surface area contributed by atoms with Gasteiger partial charge in [0.25, 0.3) is 0 Å². The molecule has 0 heteroatoms. The van der Waals surface area contributed by atoms with Crippen molar-refractivity contribution in [2.24, 2.45) is 5.92 Å². The van der Waals surface area contributed by atoms with Gasteiger partial charge in [-0.1, -0.05) is 44.4 Å². The van der Waals surface area contributed by atoms with Gasteiger partial charge in [-0.15, -0.1) is 6.58 Å². The SMILES string of the molecule is C=CCC/C=C(\C)CCC[C@H](C)CC. The molecule has 14 heavy (non-hydrogen) atoms. The van der Waals surface area contributed by atoms with Crippen LogP contribution in [0.1, 0.15) is 59.3 Å². The topological polar surface area (TPSA) is 0 Å². The summed E-state index contributed by atoms with van der Waals surface area (Å²) in [6, 6.07) is 0. The predicted octanol–water partition coefficient (Wildman–Crippen LogP) is 5.12. The zero-order valence-electron chi connectivity index (χ0n) is 10.2. The third-order valence-electron chi connectivity index (χ3n) is 2.83. The Hall–Kier alpha value is -0.520. The van der Waals surface area contributed by atoms with Crippen molar-refractivity contribution in [3.8, 4) is 0 Å². The Bertz CT molecular complexity index is 165. The van der Waals surface area contributed by atoms with Crippen LogP contribution in [0.15, 0.2) is 24.3 Å². The summed E-state index contributed by atoms with van der Waals surface area (Å²) in [6.45, 7) is 10.6. The van der Waals surface area contributed by atoms with Gasteiger partial charge in [0.1, 0.15) is 0 Å². The number of rotatable bonds is 8. The van der Waals surface area contributed by atoms with Crippen molar-refractivity contribution in [3.63, 3.8) is 0 Å². The number of unbranched alkanes of at least 4 members (excludes halogenated alkanes) is 1. The van der Waals surface area contributed by atoms with Gasteiger partial charge in [-0.25, -0.2) is 0 Å². The second kappa shape index (κ2) is 9.05. The molecule has 0 radical (unpaired) electrons. The highest BCUT2D eigenvalue weighted by Crippen LogP contribution is 2.15. The highest BCUT2D eigenvalue weighted by atomic mass is 14.0. The van der Waals surface area contributed by atoms with Gasteiger partial charge in [0.2, 0.25) is 0 Å². The highest BCUT2D eigenvalue weighted by Gasteiger charge is 1.98. The van der Waals surface area contributed by atoms with E-state index in [1.54, 1.807) is 5.57 Å². The van der Waals surface area contributed by atoms with E-state index in [1.165, 1.54) is 32.1 Å². The smallest absolute Gasteiger partial charge is 0.0314 e. The molecule has 0 aromatic rings. The summed E-state index contributed by atoms with van der Waals surface area (Å²) < 4.78 is 0. The molecule has 0 aliphatic rings. The molecule has 0 amide bonds. The summed E-state index contributed by atoms with van der Waals surface area (Å²) in [5, 5.41) is 0. The molecule has 1 atom stereocenters. The van der Waals surface area contributed by atoms with E-state index in [2.05, 4.69) is 33.4 Å². The van der Waals surface area contributed by atoms with E-state index in [1.807, 2.05) is 6.08 Å². The standard InChI is InChI=1S/C14H26/c1-5-7-8-10-14(4)12-9-11-13(3)6-2/h5,10,13H,1,6-9,11-12H2,2-4H3/b14-10+/t13-/m1/s1. The Labute approximate surface area is 90.1 Å². The van der Waals surface area contributed by atoms with Gasteiger partial charge >= 0.3 is 0 Å². The van der Waals surface area contributed by atoms with Gasteiger partial charge in [0.05, 0.1) is 0 Å². The van der Waals surface area contributed by atoms with Crippen LogP contribution in [0.2, 0.25) is 0 Å². The summed E-state index contributed by atoms with van der Waals surface area (Å²) in [5.41, 5.74) is 1.55. The monoisotopic (exact) mass is 194 g/mol. The first-order chi connectivity index (χ1) is 6.70. The molecule has 0 aliphatic carbocycles. The summed E-state index contributed by atoms with van der Waals surface area (Å²) in [6.07, 6.45) is 12.0. The fourth-order valence-corrected chi connectivity index (χ4v) is 1.48. The van der Waals surface area contributed by atoms with Crippen LogP contribution in [0.25, 0.3) is 0 Å². The molecule has 0 nitrogen and oxygen atoms in total. The molecule has 0 heterocycles. The molecule has 0 rings (SSSR count). The fourth-order valence-electron chi connectivity index (χ4n) is 1.48. The minimum atomic E-state index is 0.899. The van der Waals surface area contributed by atoms with Gasteiger partial charge in [0, 0.05) is 0 Å². The number of hydrogen-bond donors (Lipinski definition) is 0. The van der Waals surface area contributed by atoms with E-state index < -0.39 is 0 Å². The van der Waals surface area contributed by atoms with E-state index >= 15 is 0 Å². The first-order valence-electron chi connectivity index (χ1n) is 5.97. The highest BCUT2D eigenvalue weighted by molar-refractivity contribution is 4.98. The molecule has 0 N–H and O–H groups in total. The summed E-state index contributed by atoms with van der Waals surface area (Å²) in [7, 11) is 0. The normalized spacial score (nSPS) is 14.1. The molecule has 0 saturated heterocycles. The average molecular weight is 194 g/mol. The lowest BCUT2D eigenvalue weighted by atomic mass is 9.99. The van der Waals surface area contributed by atoms with Gasteiger partial charge in [-0.3, -0.25) is 0 Å². The van der Waals surface area contributed by atoms with Crippen molar-refractivity contribution in [3.05, 3.63) is 24.3 Å². The van der Waals surface area contributed by atoms with E-state index in [4.69, 9.17) is 0 Å². The van der Waals surface area contributed by atoms with Crippen LogP contribution in [-0.2, 0) is 0 Å².